The normalized spacial score (nSPS) is 32.7. The van der Waals surface area contributed by atoms with E-state index in [4.69, 9.17) is 21.1 Å². The summed E-state index contributed by atoms with van der Waals surface area (Å²) in [4.78, 5) is 26.8. The molecule has 36 heavy (non-hydrogen) atoms. The van der Waals surface area contributed by atoms with Crippen LogP contribution in [0.2, 0.25) is 5.02 Å². The van der Waals surface area contributed by atoms with E-state index >= 15 is 0 Å². The predicted octanol–water partition coefficient (Wildman–Crippen LogP) is 4.50. The quantitative estimate of drug-likeness (QED) is 0.503. The van der Waals surface area contributed by atoms with Crippen molar-refractivity contribution in [2.75, 3.05) is 19.1 Å². The molecule has 2 amide bonds. The zero-order chi connectivity index (χ0) is 26.7. The zero-order valence-electron chi connectivity index (χ0n) is 21.6. The molecule has 1 saturated heterocycles. The summed E-state index contributed by atoms with van der Waals surface area (Å²) >= 11 is 6.55. The second-order valence-electron chi connectivity index (χ2n) is 10.4. The number of hydrogen-bond donors (Lipinski definition) is 3. The molecule has 0 spiro atoms. The first-order valence-corrected chi connectivity index (χ1v) is 12.6. The van der Waals surface area contributed by atoms with Crippen LogP contribution in [0.5, 0.6) is 5.75 Å². The van der Waals surface area contributed by atoms with Gasteiger partial charge in [0.25, 0.3) is 0 Å². The number of methoxy groups -OCH3 is 1. The summed E-state index contributed by atoms with van der Waals surface area (Å²) in [5, 5.41) is 25.0. The number of allylic oxidation sites excluding steroid dienone is 3. The molecule has 1 aromatic rings. The molecule has 0 unspecified atom stereocenters. The average Bonchev–Trinajstić information content (AvgIpc) is 2.79. The highest BCUT2D eigenvalue weighted by atomic mass is 35.5. The summed E-state index contributed by atoms with van der Waals surface area (Å²) in [6, 6.07) is 3.72. The predicted molar refractivity (Wildman–Crippen MR) is 139 cm³/mol. The Kier molecular flexibility index (Phi) is 8.75. The average molecular weight is 521 g/mol. The number of benzene rings is 1. The molecule has 1 aromatic carbocycles. The van der Waals surface area contributed by atoms with Crippen LogP contribution in [0.4, 0.5) is 10.5 Å². The fourth-order valence-electron chi connectivity index (χ4n) is 4.85. The molecule has 0 saturated carbocycles. The van der Waals surface area contributed by atoms with Gasteiger partial charge in [0.15, 0.2) is 0 Å². The zero-order valence-corrected chi connectivity index (χ0v) is 22.4. The van der Waals surface area contributed by atoms with Gasteiger partial charge in [-0.2, -0.15) is 0 Å². The molecular weight excluding hydrogens is 484 g/mol. The van der Waals surface area contributed by atoms with Gasteiger partial charge < -0.3 is 24.6 Å². The molecule has 2 aliphatic heterocycles. The maximum Gasteiger partial charge on any atom is 0.409 e. The van der Waals surface area contributed by atoms with Gasteiger partial charge in [0.05, 0.1) is 18.4 Å². The maximum atomic E-state index is 13.1. The van der Waals surface area contributed by atoms with Crippen molar-refractivity contribution in [2.45, 2.75) is 76.7 Å². The molecule has 2 heterocycles. The number of aliphatic hydroxyl groups is 2. The van der Waals surface area contributed by atoms with Crippen LogP contribution in [-0.4, -0.2) is 53.8 Å². The summed E-state index contributed by atoms with van der Waals surface area (Å²) < 4.78 is 10.9. The van der Waals surface area contributed by atoms with Crippen molar-refractivity contribution in [1.29, 1.82) is 0 Å². The molecule has 1 fully saturated rings. The van der Waals surface area contributed by atoms with Gasteiger partial charge >= 0.3 is 6.09 Å². The van der Waals surface area contributed by atoms with Crippen LogP contribution in [0.3, 0.4) is 0 Å². The molecular formula is C27H37ClN2O6. The van der Waals surface area contributed by atoms with E-state index in [2.05, 4.69) is 5.32 Å². The van der Waals surface area contributed by atoms with E-state index < -0.39 is 23.5 Å². The summed E-state index contributed by atoms with van der Waals surface area (Å²) in [5.74, 6) is 0.0397. The number of ether oxygens (including phenoxy) is 2. The van der Waals surface area contributed by atoms with E-state index in [0.717, 1.165) is 11.1 Å². The van der Waals surface area contributed by atoms with Crippen molar-refractivity contribution in [3.8, 4) is 5.75 Å². The third kappa shape index (κ3) is 7.02. The first kappa shape index (κ1) is 28.0. The van der Waals surface area contributed by atoms with E-state index in [1.807, 2.05) is 44.2 Å². The fraction of sp³-hybridized carbons (Fsp3) is 0.556. The van der Waals surface area contributed by atoms with Crippen LogP contribution in [0.15, 0.2) is 35.9 Å². The van der Waals surface area contributed by atoms with Gasteiger partial charge in [-0.25, -0.2) is 4.79 Å². The Hall–Kier alpha value is -2.55. The monoisotopic (exact) mass is 520 g/mol. The van der Waals surface area contributed by atoms with Crippen molar-refractivity contribution < 1.29 is 29.3 Å². The van der Waals surface area contributed by atoms with Crippen molar-refractivity contribution in [1.82, 2.24) is 5.32 Å². The van der Waals surface area contributed by atoms with Crippen LogP contribution in [0.1, 0.15) is 58.4 Å². The maximum absolute atomic E-state index is 13.1. The highest BCUT2D eigenvalue weighted by molar-refractivity contribution is 6.35. The Balaban J connectivity index is 1.97. The Morgan fingerprint density at radius 1 is 1.25 bits per heavy atom. The summed E-state index contributed by atoms with van der Waals surface area (Å²) in [7, 11) is 3.19. The van der Waals surface area contributed by atoms with Crippen molar-refractivity contribution >= 4 is 29.3 Å². The highest BCUT2D eigenvalue weighted by Gasteiger charge is 2.42. The van der Waals surface area contributed by atoms with Crippen LogP contribution < -0.4 is 15.0 Å². The number of halogens is 1. The minimum atomic E-state index is -1.45. The van der Waals surface area contributed by atoms with Crippen molar-refractivity contribution in [2.24, 2.45) is 5.92 Å². The van der Waals surface area contributed by atoms with E-state index in [1.54, 1.807) is 14.0 Å². The Labute approximate surface area is 217 Å². The molecule has 3 N–H and O–H groups in total. The minimum absolute atomic E-state index is 0.0951. The first-order valence-electron chi connectivity index (χ1n) is 12.2. The number of hydrogen-bond acceptors (Lipinski definition) is 6. The molecule has 9 heteroatoms. The van der Waals surface area contributed by atoms with Gasteiger partial charge in [0.2, 0.25) is 5.91 Å². The molecule has 198 valence electrons. The molecule has 2 aliphatic rings. The topological polar surface area (TPSA) is 108 Å². The first-order chi connectivity index (χ1) is 16.8. The Bertz CT molecular complexity index is 1050. The SMILES string of the molecule is COc1cc2cc(c1Cl)N(C)C(=O)CC[C@](C)(O)C[C@H](C)[C@@H]1C[C@](O)(C/C=C/C=C(\C)C2)NC(=O)O1. The third-order valence-electron chi connectivity index (χ3n) is 6.90. The second-order valence-corrected chi connectivity index (χ2v) is 10.8. The number of amides is 2. The molecule has 8 nitrogen and oxygen atoms in total. The van der Waals surface area contributed by atoms with E-state index in [-0.39, 0.29) is 37.5 Å². The van der Waals surface area contributed by atoms with Gasteiger partial charge in [-0.15, -0.1) is 0 Å². The lowest BCUT2D eigenvalue weighted by atomic mass is 9.83. The second kappa shape index (κ2) is 11.2. The largest absolute Gasteiger partial charge is 0.495 e. The van der Waals surface area contributed by atoms with Gasteiger partial charge in [-0.1, -0.05) is 42.3 Å². The summed E-state index contributed by atoms with van der Waals surface area (Å²) in [5.41, 5.74) is -0.125. The number of carbonyl (C=O) groups excluding carboxylic acids is 2. The number of nitrogens with zero attached hydrogens (tertiary/aromatic N) is 1. The molecule has 0 aliphatic carbocycles. The van der Waals surface area contributed by atoms with Gasteiger partial charge in [-0.05, 0) is 56.7 Å². The minimum Gasteiger partial charge on any atom is -0.495 e. The smallest absolute Gasteiger partial charge is 0.409 e. The number of nitrogens with one attached hydrogen (secondary N) is 1. The number of alkyl carbamates (subject to hydrolysis) is 1. The Morgan fingerprint density at radius 2 is 1.97 bits per heavy atom. The van der Waals surface area contributed by atoms with E-state index in [9.17, 15) is 19.8 Å². The van der Waals surface area contributed by atoms with E-state index in [0.29, 0.717) is 29.3 Å². The summed E-state index contributed by atoms with van der Waals surface area (Å²) in [6.07, 6.45) is 5.92. The van der Waals surface area contributed by atoms with Crippen LogP contribution in [0, 0.1) is 5.92 Å². The lowest BCUT2D eigenvalue weighted by molar-refractivity contribution is -0.120. The lowest BCUT2D eigenvalue weighted by Crippen LogP contribution is -2.57. The van der Waals surface area contributed by atoms with Crippen LogP contribution >= 0.6 is 11.6 Å². The van der Waals surface area contributed by atoms with Crippen LogP contribution in [-0.2, 0) is 16.0 Å². The number of fused-ring (bicyclic) bond motifs is 4. The van der Waals surface area contributed by atoms with Gasteiger partial charge in [-0.3, -0.25) is 10.1 Å². The van der Waals surface area contributed by atoms with Crippen LogP contribution in [0.25, 0.3) is 0 Å². The lowest BCUT2D eigenvalue weighted by Gasteiger charge is -2.40. The number of rotatable bonds is 1. The van der Waals surface area contributed by atoms with Crippen molar-refractivity contribution in [3.05, 3.63) is 46.5 Å². The number of anilines is 1. The van der Waals surface area contributed by atoms with E-state index in [1.165, 1.54) is 12.0 Å². The molecule has 4 bridgehead atoms. The molecule has 0 radical (unpaired) electrons. The molecule has 3 rings (SSSR count). The summed E-state index contributed by atoms with van der Waals surface area (Å²) in [6.45, 7) is 5.52. The van der Waals surface area contributed by atoms with Crippen molar-refractivity contribution in [3.63, 3.8) is 0 Å². The van der Waals surface area contributed by atoms with Gasteiger partial charge in [0, 0.05) is 26.3 Å². The molecule has 4 atom stereocenters. The Morgan fingerprint density at radius 3 is 2.67 bits per heavy atom. The number of carbonyl (C=O) groups is 2. The standard InChI is InChI=1S/C27H37ClN2O6/c1-17-8-6-7-10-27(34)16-22(36-25(32)29-27)18(2)15-26(3,33)11-9-23(31)30(4)20-13-19(12-17)14-21(35-5)24(20)28/h6-8,13-14,18,22,33-34H,9-12,15-16H2,1-5H3,(H,29,32)/b7-6+,17-8+/t18-,22-,26-,27+/m0/s1. The molecule has 0 aromatic heterocycles. The van der Waals surface area contributed by atoms with Gasteiger partial charge in [0.1, 0.15) is 22.6 Å². The fourth-order valence-corrected chi connectivity index (χ4v) is 5.16. The highest BCUT2D eigenvalue weighted by Crippen LogP contribution is 2.37. The third-order valence-corrected chi connectivity index (χ3v) is 7.28.